The summed E-state index contributed by atoms with van der Waals surface area (Å²) in [6.45, 7) is 0.898. The number of likely N-dealkylation sites (N-methyl/N-ethyl adjacent to an activating group) is 1. The van der Waals surface area contributed by atoms with Gasteiger partial charge in [0.2, 0.25) is 0 Å². The molecular weight excluding hydrogens is 186 g/mol. The Morgan fingerprint density at radius 2 is 2.33 bits per heavy atom. The van der Waals surface area contributed by atoms with Crippen LogP contribution >= 0.6 is 0 Å². The average molecular weight is 201 g/mol. The van der Waals surface area contributed by atoms with E-state index in [0.717, 1.165) is 12.2 Å². The average Bonchev–Trinajstić information content (AvgIpc) is 2.80. The van der Waals surface area contributed by atoms with Crippen LogP contribution in [0.1, 0.15) is 17.2 Å². The summed E-state index contributed by atoms with van der Waals surface area (Å²) in [5.41, 5.74) is 2.37. The predicted octanol–water partition coefficient (Wildman–Crippen LogP) is 1.76. The molecule has 0 aliphatic rings. The maximum Gasteiger partial charge on any atom is 0.0491 e. The van der Waals surface area contributed by atoms with Crippen LogP contribution in [0.3, 0.4) is 0 Å². The van der Waals surface area contributed by atoms with E-state index in [1.165, 1.54) is 5.56 Å². The topological polar surface area (TPSA) is 40.7 Å². The first-order valence-electron chi connectivity index (χ1n) is 5.10. The molecule has 2 N–H and O–H groups in total. The highest BCUT2D eigenvalue weighted by Crippen LogP contribution is 2.21. The fourth-order valence-electron chi connectivity index (χ4n) is 1.73. The van der Waals surface area contributed by atoms with Crippen molar-refractivity contribution in [2.45, 2.75) is 5.92 Å². The molecule has 0 saturated heterocycles. The number of nitrogens with one attached hydrogen (secondary N) is 2. The molecule has 1 unspecified atom stereocenters. The van der Waals surface area contributed by atoms with Crippen LogP contribution in [-0.2, 0) is 0 Å². The standard InChI is InChI=1S/C12H15N3/c1-13-9-11(10-5-7-14-8-10)12-4-2-3-6-15-12/h2-8,11,13-14H,9H2,1H3. The normalized spacial score (nSPS) is 12.6. The van der Waals surface area contributed by atoms with Gasteiger partial charge in [0.05, 0.1) is 0 Å². The minimum Gasteiger partial charge on any atom is -0.367 e. The molecule has 3 heteroatoms. The number of H-pyrrole nitrogens is 1. The molecule has 0 amide bonds. The van der Waals surface area contributed by atoms with Crippen molar-refractivity contribution in [3.05, 3.63) is 54.1 Å². The highest BCUT2D eigenvalue weighted by molar-refractivity contribution is 5.26. The molecule has 0 aromatic carbocycles. The Morgan fingerprint density at radius 3 is 2.93 bits per heavy atom. The summed E-state index contributed by atoms with van der Waals surface area (Å²) in [6.07, 6.45) is 5.81. The highest BCUT2D eigenvalue weighted by Gasteiger charge is 2.14. The van der Waals surface area contributed by atoms with Crippen molar-refractivity contribution in [2.75, 3.05) is 13.6 Å². The monoisotopic (exact) mass is 201 g/mol. The van der Waals surface area contributed by atoms with Crippen molar-refractivity contribution >= 4 is 0 Å². The molecular formula is C12H15N3. The van der Waals surface area contributed by atoms with Gasteiger partial charge >= 0.3 is 0 Å². The molecule has 2 aromatic rings. The third-order valence-corrected chi connectivity index (χ3v) is 2.48. The Labute approximate surface area is 89.6 Å². The molecule has 0 radical (unpaired) electrons. The van der Waals surface area contributed by atoms with Gasteiger partial charge in [0.25, 0.3) is 0 Å². The van der Waals surface area contributed by atoms with Gasteiger partial charge in [-0.15, -0.1) is 0 Å². The van der Waals surface area contributed by atoms with Crippen LogP contribution in [0.4, 0.5) is 0 Å². The Balaban J connectivity index is 2.28. The lowest BCUT2D eigenvalue weighted by Gasteiger charge is -2.14. The van der Waals surface area contributed by atoms with Crippen LogP contribution < -0.4 is 5.32 Å². The molecule has 1 atom stereocenters. The van der Waals surface area contributed by atoms with Crippen LogP contribution in [0.15, 0.2) is 42.9 Å². The summed E-state index contributed by atoms with van der Waals surface area (Å²) in [7, 11) is 1.96. The van der Waals surface area contributed by atoms with Gasteiger partial charge in [-0.1, -0.05) is 6.07 Å². The van der Waals surface area contributed by atoms with Gasteiger partial charge in [-0.3, -0.25) is 4.98 Å². The van der Waals surface area contributed by atoms with Gasteiger partial charge < -0.3 is 10.3 Å². The minimum atomic E-state index is 0.322. The molecule has 2 rings (SSSR count). The molecule has 78 valence electrons. The first-order chi connectivity index (χ1) is 7.42. The molecule has 0 fully saturated rings. The summed E-state index contributed by atoms with van der Waals surface area (Å²) < 4.78 is 0. The van der Waals surface area contributed by atoms with Crippen molar-refractivity contribution in [2.24, 2.45) is 0 Å². The van der Waals surface area contributed by atoms with Gasteiger partial charge in [0, 0.05) is 36.7 Å². The lowest BCUT2D eigenvalue weighted by Crippen LogP contribution is -2.18. The lowest BCUT2D eigenvalue weighted by molar-refractivity contribution is 0.692. The Kier molecular flexibility index (Phi) is 3.15. The third kappa shape index (κ3) is 2.25. The largest absolute Gasteiger partial charge is 0.367 e. The maximum atomic E-state index is 4.40. The number of hydrogen-bond donors (Lipinski definition) is 2. The molecule has 3 nitrogen and oxygen atoms in total. The van der Waals surface area contributed by atoms with Crippen LogP contribution in [0.5, 0.6) is 0 Å². The molecule has 2 aromatic heterocycles. The van der Waals surface area contributed by atoms with Gasteiger partial charge in [0.15, 0.2) is 0 Å². The van der Waals surface area contributed by atoms with Gasteiger partial charge in [-0.05, 0) is 30.8 Å². The SMILES string of the molecule is CNCC(c1cc[nH]c1)c1ccccn1. The summed E-state index contributed by atoms with van der Waals surface area (Å²) >= 11 is 0. The Morgan fingerprint density at radius 1 is 1.40 bits per heavy atom. The molecule has 0 aliphatic carbocycles. The molecule has 0 saturated carbocycles. The number of hydrogen-bond acceptors (Lipinski definition) is 2. The minimum absolute atomic E-state index is 0.322. The van der Waals surface area contributed by atoms with E-state index in [1.807, 2.05) is 37.8 Å². The zero-order valence-corrected chi connectivity index (χ0v) is 8.77. The van der Waals surface area contributed by atoms with Crippen molar-refractivity contribution in [1.82, 2.24) is 15.3 Å². The smallest absolute Gasteiger partial charge is 0.0491 e. The zero-order valence-electron chi connectivity index (χ0n) is 8.77. The molecule has 0 aliphatic heterocycles. The number of aromatic amines is 1. The van der Waals surface area contributed by atoms with Gasteiger partial charge in [0.1, 0.15) is 0 Å². The molecule has 0 spiro atoms. The van der Waals surface area contributed by atoms with Crippen LogP contribution in [-0.4, -0.2) is 23.6 Å². The van der Waals surface area contributed by atoms with E-state index in [0.29, 0.717) is 5.92 Å². The van der Waals surface area contributed by atoms with Crippen LogP contribution in [0.25, 0.3) is 0 Å². The first kappa shape index (κ1) is 9.93. The zero-order chi connectivity index (χ0) is 10.5. The summed E-state index contributed by atoms with van der Waals surface area (Å²) in [6, 6.07) is 8.13. The van der Waals surface area contributed by atoms with Crippen LogP contribution in [0.2, 0.25) is 0 Å². The van der Waals surface area contributed by atoms with E-state index in [4.69, 9.17) is 0 Å². The summed E-state index contributed by atoms with van der Waals surface area (Å²) in [5.74, 6) is 0.322. The second-order valence-corrected chi connectivity index (χ2v) is 3.51. The quantitative estimate of drug-likeness (QED) is 0.791. The Bertz CT molecular complexity index is 381. The number of pyridine rings is 1. The first-order valence-corrected chi connectivity index (χ1v) is 5.10. The number of rotatable bonds is 4. The van der Waals surface area contributed by atoms with E-state index in [1.54, 1.807) is 0 Å². The molecule has 2 heterocycles. The van der Waals surface area contributed by atoms with E-state index in [2.05, 4.69) is 27.4 Å². The van der Waals surface area contributed by atoms with E-state index < -0.39 is 0 Å². The summed E-state index contributed by atoms with van der Waals surface area (Å²) in [5, 5.41) is 3.20. The van der Waals surface area contributed by atoms with Crippen molar-refractivity contribution in [3.63, 3.8) is 0 Å². The second-order valence-electron chi connectivity index (χ2n) is 3.51. The maximum absolute atomic E-state index is 4.40. The van der Waals surface area contributed by atoms with Crippen molar-refractivity contribution < 1.29 is 0 Å². The third-order valence-electron chi connectivity index (χ3n) is 2.48. The highest BCUT2D eigenvalue weighted by atomic mass is 14.8. The predicted molar refractivity (Wildman–Crippen MR) is 60.8 cm³/mol. The number of aromatic nitrogens is 2. The molecule has 15 heavy (non-hydrogen) atoms. The molecule has 0 bridgehead atoms. The fraction of sp³-hybridized carbons (Fsp3) is 0.250. The van der Waals surface area contributed by atoms with Gasteiger partial charge in [-0.25, -0.2) is 0 Å². The van der Waals surface area contributed by atoms with Crippen molar-refractivity contribution in [1.29, 1.82) is 0 Å². The van der Waals surface area contributed by atoms with Crippen molar-refractivity contribution in [3.8, 4) is 0 Å². The fourth-order valence-corrected chi connectivity index (χ4v) is 1.73. The Hall–Kier alpha value is -1.61. The summed E-state index contributed by atoms with van der Waals surface area (Å²) in [4.78, 5) is 7.48. The van der Waals surface area contributed by atoms with E-state index in [-0.39, 0.29) is 0 Å². The van der Waals surface area contributed by atoms with E-state index >= 15 is 0 Å². The lowest BCUT2D eigenvalue weighted by atomic mass is 9.98. The number of nitrogens with zero attached hydrogens (tertiary/aromatic N) is 1. The van der Waals surface area contributed by atoms with E-state index in [9.17, 15) is 0 Å². The second kappa shape index (κ2) is 4.75. The van der Waals surface area contributed by atoms with Crippen LogP contribution in [0, 0.1) is 0 Å². The van der Waals surface area contributed by atoms with Gasteiger partial charge in [-0.2, -0.15) is 0 Å².